The Hall–Kier alpha value is -2.30. The van der Waals surface area contributed by atoms with Crippen molar-refractivity contribution in [2.45, 2.75) is 46.1 Å². The fourth-order valence-electron chi connectivity index (χ4n) is 3.37. The van der Waals surface area contributed by atoms with Crippen LogP contribution in [0.15, 0.2) is 28.8 Å². The third-order valence-corrected chi connectivity index (χ3v) is 4.66. The van der Waals surface area contributed by atoms with Crippen LogP contribution in [0, 0.1) is 13.8 Å². The van der Waals surface area contributed by atoms with Crippen LogP contribution >= 0.6 is 0 Å². The van der Waals surface area contributed by atoms with Gasteiger partial charge in [-0.2, -0.15) is 0 Å². The minimum absolute atomic E-state index is 0.140. The Morgan fingerprint density at radius 2 is 2.08 bits per heavy atom. The molecule has 24 heavy (non-hydrogen) atoms. The minimum atomic E-state index is 0.140. The van der Waals surface area contributed by atoms with Gasteiger partial charge in [-0.1, -0.05) is 17.3 Å². The lowest BCUT2D eigenvalue weighted by Crippen LogP contribution is -2.32. The van der Waals surface area contributed by atoms with Gasteiger partial charge in [0.15, 0.2) is 0 Å². The number of benzene rings is 1. The molecule has 1 saturated heterocycles. The lowest BCUT2D eigenvalue weighted by molar-refractivity contribution is -0.131. The number of aromatic nitrogens is 1. The summed E-state index contributed by atoms with van der Waals surface area (Å²) in [5.74, 6) is 1.74. The van der Waals surface area contributed by atoms with Crippen LogP contribution in [-0.2, 0) is 11.2 Å². The maximum absolute atomic E-state index is 12.8. The molecule has 5 heteroatoms. The Balaban J connectivity index is 1.74. The summed E-state index contributed by atoms with van der Waals surface area (Å²) in [4.78, 5) is 14.8. The van der Waals surface area contributed by atoms with Crippen LogP contribution in [0.2, 0.25) is 0 Å². The second kappa shape index (κ2) is 7.07. The fraction of sp³-hybridized carbons (Fsp3) is 0.474. The van der Waals surface area contributed by atoms with E-state index in [-0.39, 0.29) is 11.9 Å². The summed E-state index contributed by atoms with van der Waals surface area (Å²) in [6, 6.07) is 8.24. The zero-order valence-electron chi connectivity index (χ0n) is 14.5. The average Bonchev–Trinajstić information content (AvgIpc) is 3.18. The molecule has 2 aromatic rings. The third kappa shape index (κ3) is 3.30. The molecule has 1 aliphatic rings. The van der Waals surface area contributed by atoms with E-state index in [0.717, 1.165) is 42.2 Å². The molecule has 0 aliphatic carbocycles. The molecule has 0 bridgehead atoms. The predicted molar refractivity (Wildman–Crippen MR) is 91.0 cm³/mol. The number of amides is 1. The summed E-state index contributed by atoms with van der Waals surface area (Å²) in [7, 11) is 0. The maximum atomic E-state index is 12.8. The molecular formula is C19H24N2O3. The van der Waals surface area contributed by atoms with Crippen LogP contribution in [0.1, 0.15) is 48.4 Å². The number of carbonyl (C=O) groups excluding carboxylic acids is 1. The van der Waals surface area contributed by atoms with Gasteiger partial charge in [0.1, 0.15) is 11.5 Å². The lowest BCUT2D eigenvalue weighted by atomic mass is 10.0. The highest BCUT2D eigenvalue weighted by Crippen LogP contribution is 2.33. The highest BCUT2D eigenvalue weighted by atomic mass is 16.5. The Labute approximate surface area is 142 Å². The van der Waals surface area contributed by atoms with Crippen molar-refractivity contribution >= 4 is 5.91 Å². The van der Waals surface area contributed by atoms with Crippen LogP contribution in [0.25, 0.3) is 0 Å². The summed E-state index contributed by atoms with van der Waals surface area (Å²) in [6.07, 6.45) is 2.39. The van der Waals surface area contributed by atoms with Gasteiger partial charge in [-0.3, -0.25) is 4.79 Å². The Morgan fingerprint density at radius 1 is 1.33 bits per heavy atom. The number of hydrogen-bond acceptors (Lipinski definition) is 4. The van der Waals surface area contributed by atoms with Crippen LogP contribution in [0.4, 0.5) is 0 Å². The molecule has 1 unspecified atom stereocenters. The molecule has 3 rings (SSSR count). The molecule has 5 nitrogen and oxygen atoms in total. The van der Waals surface area contributed by atoms with Gasteiger partial charge in [-0.05, 0) is 51.3 Å². The second-order valence-electron chi connectivity index (χ2n) is 6.23. The van der Waals surface area contributed by atoms with E-state index >= 15 is 0 Å². The number of ether oxygens (including phenoxy) is 1. The summed E-state index contributed by atoms with van der Waals surface area (Å²) in [5.41, 5.74) is 2.89. The van der Waals surface area contributed by atoms with E-state index < -0.39 is 0 Å². The maximum Gasteiger partial charge on any atom is 0.227 e. The van der Waals surface area contributed by atoms with E-state index in [4.69, 9.17) is 9.26 Å². The van der Waals surface area contributed by atoms with Crippen LogP contribution in [0.5, 0.6) is 5.75 Å². The fourth-order valence-corrected chi connectivity index (χ4v) is 3.37. The average molecular weight is 328 g/mol. The Morgan fingerprint density at radius 3 is 2.71 bits per heavy atom. The van der Waals surface area contributed by atoms with E-state index in [1.807, 2.05) is 37.8 Å². The zero-order valence-corrected chi connectivity index (χ0v) is 14.5. The van der Waals surface area contributed by atoms with Gasteiger partial charge in [0.2, 0.25) is 5.91 Å². The van der Waals surface area contributed by atoms with Gasteiger partial charge < -0.3 is 14.2 Å². The number of rotatable bonds is 5. The summed E-state index contributed by atoms with van der Waals surface area (Å²) in [6.45, 7) is 7.18. The summed E-state index contributed by atoms with van der Waals surface area (Å²) >= 11 is 0. The van der Waals surface area contributed by atoms with Crippen LogP contribution in [-0.4, -0.2) is 29.1 Å². The number of likely N-dealkylation sites (tertiary alicyclic amines) is 1. The summed E-state index contributed by atoms with van der Waals surface area (Å²) in [5, 5.41) is 3.94. The standard InChI is InChI=1S/C19H24N2O3/c1-4-23-16-9-7-15(8-10-16)18-6-5-11-21(18)19(22)12-17-13(2)20-24-14(17)3/h7-10,18H,4-6,11-12H2,1-3H3. The predicted octanol–water partition coefficient (Wildman–Crippen LogP) is 3.60. The Bertz CT molecular complexity index is 686. The highest BCUT2D eigenvalue weighted by molar-refractivity contribution is 5.80. The number of nitrogens with zero attached hydrogens (tertiary/aromatic N) is 2. The molecule has 1 aromatic carbocycles. The van der Waals surface area contributed by atoms with Gasteiger partial charge in [-0.25, -0.2) is 0 Å². The van der Waals surface area contributed by atoms with Crippen LogP contribution in [0.3, 0.4) is 0 Å². The van der Waals surface area contributed by atoms with Crippen molar-refractivity contribution in [1.82, 2.24) is 10.1 Å². The van der Waals surface area contributed by atoms with Crippen molar-refractivity contribution in [2.24, 2.45) is 0 Å². The first-order valence-corrected chi connectivity index (χ1v) is 8.54. The number of aryl methyl sites for hydroxylation is 2. The molecule has 0 N–H and O–H groups in total. The van der Waals surface area contributed by atoms with Gasteiger partial charge in [0, 0.05) is 12.1 Å². The topological polar surface area (TPSA) is 55.6 Å². The monoisotopic (exact) mass is 328 g/mol. The molecule has 0 radical (unpaired) electrons. The van der Waals surface area contributed by atoms with E-state index in [1.54, 1.807) is 0 Å². The first kappa shape index (κ1) is 16.6. The van der Waals surface area contributed by atoms with Gasteiger partial charge in [-0.15, -0.1) is 0 Å². The van der Waals surface area contributed by atoms with Crippen molar-refractivity contribution in [1.29, 1.82) is 0 Å². The van der Waals surface area contributed by atoms with Crippen molar-refractivity contribution < 1.29 is 14.1 Å². The zero-order chi connectivity index (χ0) is 17.1. The molecule has 1 aromatic heterocycles. The smallest absolute Gasteiger partial charge is 0.227 e. The van der Waals surface area contributed by atoms with Crippen LogP contribution < -0.4 is 4.74 Å². The van der Waals surface area contributed by atoms with Crippen molar-refractivity contribution in [3.05, 3.63) is 46.8 Å². The normalized spacial score (nSPS) is 17.3. The molecule has 1 aliphatic heterocycles. The molecule has 128 valence electrons. The number of hydrogen-bond donors (Lipinski definition) is 0. The second-order valence-corrected chi connectivity index (χ2v) is 6.23. The highest BCUT2D eigenvalue weighted by Gasteiger charge is 2.30. The first-order valence-electron chi connectivity index (χ1n) is 8.54. The molecule has 1 atom stereocenters. The summed E-state index contributed by atoms with van der Waals surface area (Å²) < 4.78 is 10.7. The van der Waals surface area contributed by atoms with Crippen molar-refractivity contribution in [3.63, 3.8) is 0 Å². The van der Waals surface area contributed by atoms with Gasteiger partial charge in [0.05, 0.1) is 24.8 Å². The van der Waals surface area contributed by atoms with Gasteiger partial charge >= 0.3 is 0 Å². The van der Waals surface area contributed by atoms with E-state index in [9.17, 15) is 4.79 Å². The molecule has 2 heterocycles. The van der Waals surface area contributed by atoms with E-state index in [2.05, 4.69) is 17.3 Å². The van der Waals surface area contributed by atoms with E-state index in [1.165, 1.54) is 5.56 Å². The van der Waals surface area contributed by atoms with E-state index in [0.29, 0.717) is 13.0 Å². The molecule has 0 saturated carbocycles. The van der Waals surface area contributed by atoms with Gasteiger partial charge in [0.25, 0.3) is 0 Å². The van der Waals surface area contributed by atoms with Crippen molar-refractivity contribution in [2.75, 3.05) is 13.2 Å². The third-order valence-electron chi connectivity index (χ3n) is 4.66. The molecule has 1 amide bonds. The van der Waals surface area contributed by atoms with Crippen molar-refractivity contribution in [3.8, 4) is 5.75 Å². The number of carbonyl (C=O) groups is 1. The quantitative estimate of drug-likeness (QED) is 0.841. The molecular weight excluding hydrogens is 304 g/mol. The first-order chi connectivity index (χ1) is 11.6. The molecule has 1 fully saturated rings. The minimum Gasteiger partial charge on any atom is -0.494 e. The largest absolute Gasteiger partial charge is 0.494 e. The SMILES string of the molecule is CCOc1ccc(C2CCCN2C(=O)Cc2c(C)noc2C)cc1. The Kier molecular flexibility index (Phi) is 4.88. The molecule has 0 spiro atoms. The lowest BCUT2D eigenvalue weighted by Gasteiger charge is -2.25.